The van der Waals surface area contributed by atoms with Crippen molar-refractivity contribution >= 4 is 45.6 Å². The lowest BCUT2D eigenvalue weighted by Gasteiger charge is -2.33. The summed E-state index contributed by atoms with van der Waals surface area (Å²) in [4.78, 5) is 79.4. The molecule has 1 aliphatic heterocycles. The number of aryl methyl sites for hydroxylation is 2. The molecule has 378 valence electrons. The van der Waals surface area contributed by atoms with Gasteiger partial charge in [0.2, 0.25) is 17.7 Å². The second-order valence-corrected chi connectivity index (χ2v) is 18.1. The highest BCUT2D eigenvalue weighted by Gasteiger charge is 2.38. The smallest absolute Gasteiger partial charge is 0.326 e. The first-order valence-electron chi connectivity index (χ1n) is 22.4. The van der Waals surface area contributed by atoms with Crippen LogP contribution in [0.15, 0.2) is 54.6 Å². The number of rotatable bonds is 20. The van der Waals surface area contributed by atoms with Crippen LogP contribution in [0.3, 0.4) is 0 Å². The zero-order valence-corrected chi connectivity index (χ0v) is 40.0. The van der Waals surface area contributed by atoms with Crippen molar-refractivity contribution in [1.82, 2.24) is 35.5 Å². The van der Waals surface area contributed by atoms with Crippen molar-refractivity contribution in [2.24, 2.45) is 16.6 Å². The average Bonchev–Trinajstić information content (AvgIpc) is 3.31. The van der Waals surface area contributed by atoms with E-state index in [0.717, 1.165) is 36.8 Å². The van der Waals surface area contributed by atoms with Gasteiger partial charge in [0, 0.05) is 43.2 Å². The summed E-state index contributed by atoms with van der Waals surface area (Å²) in [5, 5.41) is 45.1. The van der Waals surface area contributed by atoms with Crippen molar-refractivity contribution < 1.29 is 57.2 Å². The van der Waals surface area contributed by atoms with E-state index in [1.807, 2.05) is 29.0 Å². The number of benzene rings is 3. The van der Waals surface area contributed by atoms with Crippen LogP contribution in [0.5, 0.6) is 17.2 Å². The second kappa shape index (κ2) is 24.0. The molecule has 2 heterocycles. The lowest BCUT2D eigenvalue weighted by molar-refractivity contribution is -0.143. The van der Waals surface area contributed by atoms with Gasteiger partial charge in [-0.1, -0.05) is 43.7 Å². The van der Waals surface area contributed by atoms with Crippen LogP contribution < -0.4 is 52.5 Å². The molecule has 0 saturated heterocycles. The van der Waals surface area contributed by atoms with Crippen LogP contribution in [0.25, 0.3) is 22.5 Å². The molecule has 5 rings (SSSR count). The van der Waals surface area contributed by atoms with E-state index in [9.17, 15) is 47.7 Å². The Balaban J connectivity index is 1.65. The molecule has 1 aliphatic rings. The maximum atomic E-state index is 14.8. The monoisotopic (exact) mass is 991 g/mol. The molecule has 3 aromatic carbocycles. The van der Waals surface area contributed by atoms with Crippen LogP contribution in [0.1, 0.15) is 71.9 Å². The van der Waals surface area contributed by atoms with Crippen molar-refractivity contribution in [3.8, 4) is 39.8 Å². The third-order valence-electron chi connectivity index (χ3n) is 11.3. The largest absolute Gasteiger partial charge is 0.504 e. The second-order valence-electron chi connectivity index (χ2n) is 16.7. The van der Waals surface area contributed by atoms with Crippen molar-refractivity contribution in [2.75, 3.05) is 45.6 Å². The number of carbonyl (C=O) groups excluding carboxylic acids is 4. The Hall–Kier alpha value is -6.96. The van der Waals surface area contributed by atoms with Crippen molar-refractivity contribution in [3.05, 3.63) is 82.5 Å². The molecule has 4 aromatic rings. The molecule has 0 radical (unpaired) electrons. The number of aliphatic hydroxyl groups excluding tert-OH is 1. The zero-order valence-electron chi connectivity index (χ0n) is 39.2. The summed E-state index contributed by atoms with van der Waals surface area (Å²) in [6.45, 7) is 3.68. The first-order chi connectivity index (χ1) is 33.2. The molecule has 0 unspecified atom stereocenters. The number of nitrogen functional groups attached to an aromatic ring is 1. The van der Waals surface area contributed by atoms with Gasteiger partial charge in [-0.3, -0.25) is 19.2 Å². The van der Waals surface area contributed by atoms with E-state index in [-0.39, 0.29) is 77.2 Å². The number of aromatic nitrogens is 2. The molecule has 1 aromatic heterocycles. The van der Waals surface area contributed by atoms with E-state index in [4.69, 9.17) is 31.8 Å². The van der Waals surface area contributed by atoms with Gasteiger partial charge in [-0.15, -0.1) is 0 Å². The zero-order chi connectivity index (χ0) is 51.4. The highest BCUT2D eigenvalue weighted by Crippen LogP contribution is 2.45. The number of nitrogens with two attached hydrogens (primary N) is 4. The third kappa shape index (κ3) is 13.9. The summed E-state index contributed by atoms with van der Waals surface area (Å²) in [5.41, 5.74) is 19.7. The van der Waals surface area contributed by atoms with E-state index < -0.39 is 89.0 Å². The fourth-order valence-electron chi connectivity index (χ4n) is 7.51. The number of unbranched alkanes of at least 4 members (excludes halogenated alkanes) is 1. The average molecular weight is 992 g/mol. The summed E-state index contributed by atoms with van der Waals surface area (Å²) in [7, 11) is -3.37. The van der Waals surface area contributed by atoms with E-state index in [2.05, 4.69) is 32.8 Å². The van der Waals surface area contributed by atoms with Crippen molar-refractivity contribution in [3.63, 3.8) is 0 Å². The van der Waals surface area contributed by atoms with Gasteiger partial charge < -0.3 is 62.8 Å². The number of nitrogens with zero attached hydrogens (tertiary/aromatic N) is 3. The third-order valence-corrected chi connectivity index (χ3v) is 11.9. The Bertz CT molecular complexity index is 2650. The number of carboxylic acids is 1. The quantitative estimate of drug-likeness (QED) is 0.0515. The topological polar surface area (TPSA) is 380 Å². The number of aliphatic hydroxyl groups is 1. The minimum atomic E-state index is -4.52. The maximum Gasteiger partial charge on any atom is 0.326 e. The molecular formula is C46H61N11O12S. The molecule has 15 N–H and O–H groups in total. The Morgan fingerprint density at radius 1 is 0.971 bits per heavy atom. The number of carboxylic acid groups (broad SMARTS) is 1. The Morgan fingerprint density at radius 2 is 1.69 bits per heavy atom. The number of aliphatic carboxylic acids is 1. The summed E-state index contributed by atoms with van der Waals surface area (Å²) in [6.07, 6.45) is 1.86. The fraction of sp³-hybridized carbons (Fsp3) is 0.413. The summed E-state index contributed by atoms with van der Waals surface area (Å²) in [5.74, 6) is -6.20. The fourth-order valence-corrected chi connectivity index (χ4v) is 7.91. The number of phenolic OH excluding ortho intramolecular Hbond substituents is 1. The highest BCUT2D eigenvalue weighted by molar-refractivity contribution is 7.87. The molecule has 0 spiro atoms. The predicted molar refractivity (Wildman–Crippen MR) is 257 cm³/mol. The Labute approximate surface area is 404 Å². The van der Waals surface area contributed by atoms with E-state index in [1.165, 1.54) is 38.1 Å². The van der Waals surface area contributed by atoms with E-state index in [0.29, 0.717) is 17.5 Å². The summed E-state index contributed by atoms with van der Waals surface area (Å²) in [6, 6.07) is 8.05. The SMILES string of the molecule is CCCCc1ccc(-c2nc(C)c(C(=O)N[C@@H](CNS(N)(=O)=O)C(=O)N(C)[C@@H]3C(=O)N[C@@H](C)C(=O)N[C@H](C(=O)O)Cc4ccc(OCCCN)c(c4)-c4cc3cc(OC[C@H](O)CN)c4O)c(N)n2)cc1. The normalized spacial score (nSPS) is 17.0. The van der Waals surface area contributed by atoms with Gasteiger partial charge in [0.05, 0.1) is 12.3 Å². The van der Waals surface area contributed by atoms with Gasteiger partial charge in [0.1, 0.15) is 54.0 Å². The van der Waals surface area contributed by atoms with Crippen LogP contribution in [0.2, 0.25) is 0 Å². The van der Waals surface area contributed by atoms with Gasteiger partial charge in [0.15, 0.2) is 17.3 Å². The maximum absolute atomic E-state index is 14.8. The molecule has 0 aliphatic carbocycles. The van der Waals surface area contributed by atoms with Gasteiger partial charge in [0.25, 0.3) is 16.1 Å². The number of anilines is 1. The first-order valence-corrected chi connectivity index (χ1v) is 24.0. The molecule has 70 heavy (non-hydrogen) atoms. The van der Waals surface area contributed by atoms with Crippen molar-refractivity contribution in [2.45, 2.75) is 83.1 Å². The molecule has 24 heteroatoms. The van der Waals surface area contributed by atoms with Crippen molar-refractivity contribution in [1.29, 1.82) is 0 Å². The number of aromatic hydroxyl groups is 1. The minimum absolute atomic E-state index is 0.0541. The molecular weight excluding hydrogens is 931 g/mol. The highest BCUT2D eigenvalue weighted by atomic mass is 32.2. The molecule has 0 saturated carbocycles. The van der Waals surface area contributed by atoms with E-state index in [1.54, 1.807) is 6.07 Å². The van der Waals surface area contributed by atoms with Crippen LogP contribution in [0.4, 0.5) is 5.82 Å². The summed E-state index contributed by atoms with van der Waals surface area (Å²) >= 11 is 0. The molecule has 5 atom stereocenters. The number of likely N-dealkylation sites (N-methyl/N-ethyl adjacent to an activating group) is 1. The van der Waals surface area contributed by atoms with Gasteiger partial charge in [-0.2, -0.15) is 13.1 Å². The Kier molecular flexibility index (Phi) is 18.5. The number of hydrogen-bond acceptors (Lipinski definition) is 16. The first kappa shape index (κ1) is 54.0. The lowest BCUT2D eigenvalue weighted by atomic mass is 9.93. The number of hydrogen-bond donors (Lipinski definition) is 11. The number of carbonyl (C=O) groups is 5. The van der Waals surface area contributed by atoms with E-state index >= 15 is 0 Å². The van der Waals surface area contributed by atoms with Crippen LogP contribution in [0, 0.1) is 6.92 Å². The minimum Gasteiger partial charge on any atom is -0.504 e. The number of amides is 4. The molecule has 23 nitrogen and oxygen atoms in total. The van der Waals surface area contributed by atoms with Crippen LogP contribution in [-0.4, -0.2) is 132 Å². The predicted octanol–water partition coefficient (Wildman–Crippen LogP) is -0.103. The molecule has 4 amide bonds. The van der Waals surface area contributed by atoms with Gasteiger partial charge >= 0.3 is 5.97 Å². The number of phenols is 1. The Morgan fingerprint density at radius 3 is 2.31 bits per heavy atom. The number of ether oxygens (including phenoxy) is 2. The van der Waals surface area contributed by atoms with Crippen LogP contribution in [-0.2, 0) is 42.2 Å². The standard InChI is InChI=1S/C46H61N11O12S/c1-5-6-8-26-9-12-28(13-10-26)41-52-24(2)37(40(49)56-41)43(61)55-34(22-51-70(50,66)67)45(63)57(4)38-29-19-32(39(59)36(20-29)69-23-30(58)21-48)31-17-27(11-14-35(31)68-16-7-15-47)18-33(46(64)65)54-42(60)25(3)53-44(38)62/h9-14,17,19-20,25,30,33-34,38,51,58-59H,5-8,15-16,18,21-23,47-48H2,1-4H3,(H,53,62)(H,54,60)(H,55,61)(H,64,65)(H2,49,52,56)(H2,50,66,67)/t25-,30+,33-,34-,38-/m0/s1. The summed E-state index contributed by atoms with van der Waals surface area (Å²) < 4.78 is 38.4. The number of nitrogens with one attached hydrogen (secondary N) is 4. The lowest BCUT2D eigenvalue weighted by Crippen LogP contribution is -2.57. The van der Waals surface area contributed by atoms with Crippen LogP contribution >= 0.6 is 0 Å². The number of fused-ring (bicyclic) bond motifs is 5. The molecule has 0 fully saturated rings. The molecule has 4 bridgehead atoms. The van der Waals surface area contributed by atoms with Gasteiger partial charge in [-0.05, 0) is 80.6 Å². The van der Waals surface area contributed by atoms with Gasteiger partial charge in [-0.25, -0.2) is 19.9 Å².